The Balaban J connectivity index is 3.75. The molecule has 4 nitrogen and oxygen atoms in total. The average Bonchev–Trinajstić information content (AvgIpc) is 2.11. The third-order valence-electron chi connectivity index (χ3n) is 1.90. The van der Waals surface area contributed by atoms with Crippen LogP contribution in [0, 0.1) is 5.92 Å². The molecule has 3 N–H and O–H groups in total. The lowest BCUT2D eigenvalue weighted by molar-refractivity contribution is -0.139. The first-order valence-corrected chi connectivity index (χ1v) is 4.68. The standard InChI is InChI=1S/C9H19NO3/c1-3-4-8(9(12)13)10-5-7(2)6-11/h7-8,10-11H,3-6H2,1-2H3,(H,12,13). The first kappa shape index (κ1) is 12.4. The Morgan fingerprint density at radius 2 is 2.15 bits per heavy atom. The minimum absolute atomic E-state index is 0.0888. The van der Waals surface area contributed by atoms with E-state index in [4.69, 9.17) is 10.2 Å². The van der Waals surface area contributed by atoms with Crippen molar-refractivity contribution in [1.29, 1.82) is 0 Å². The van der Waals surface area contributed by atoms with Crippen LogP contribution in [0.3, 0.4) is 0 Å². The van der Waals surface area contributed by atoms with Crippen LogP contribution in [-0.2, 0) is 4.79 Å². The SMILES string of the molecule is CCCC(NCC(C)CO)C(=O)O. The van der Waals surface area contributed by atoms with Crippen molar-refractivity contribution >= 4 is 5.97 Å². The molecule has 13 heavy (non-hydrogen) atoms. The molecule has 0 bridgehead atoms. The fourth-order valence-electron chi connectivity index (χ4n) is 1.01. The molecule has 0 saturated heterocycles. The van der Waals surface area contributed by atoms with Crippen LogP contribution in [0.5, 0.6) is 0 Å². The van der Waals surface area contributed by atoms with Crippen LogP contribution in [-0.4, -0.2) is 35.4 Å². The molecular weight excluding hydrogens is 170 g/mol. The number of aliphatic carboxylic acids is 1. The number of carboxylic acids is 1. The number of aliphatic hydroxyl groups is 1. The molecule has 0 aromatic heterocycles. The highest BCUT2D eigenvalue weighted by atomic mass is 16.4. The summed E-state index contributed by atoms with van der Waals surface area (Å²) in [7, 11) is 0. The van der Waals surface area contributed by atoms with Crippen molar-refractivity contribution in [2.75, 3.05) is 13.2 Å². The normalized spacial score (nSPS) is 15.3. The van der Waals surface area contributed by atoms with Crippen molar-refractivity contribution in [3.8, 4) is 0 Å². The Labute approximate surface area is 79.0 Å². The molecule has 78 valence electrons. The molecule has 0 aliphatic carbocycles. The Morgan fingerprint density at radius 1 is 1.54 bits per heavy atom. The molecule has 0 aliphatic heterocycles. The van der Waals surface area contributed by atoms with Crippen LogP contribution >= 0.6 is 0 Å². The maximum Gasteiger partial charge on any atom is 0.320 e. The minimum atomic E-state index is -0.813. The fourth-order valence-corrected chi connectivity index (χ4v) is 1.01. The van der Waals surface area contributed by atoms with Gasteiger partial charge in [0.15, 0.2) is 0 Å². The molecule has 0 aliphatic rings. The highest BCUT2D eigenvalue weighted by molar-refractivity contribution is 5.73. The molecule has 0 amide bonds. The molecule has 0 radical (unpaired) electrons. The summed E-state index contributed by atoms with van der Waals surface area (Å²) in [6.07, 6.45) is 1.48. The van der Waals surface area contributed by atoms with Crippen molar-refractivity contribution in [2.24, 2.45) is 5.92 Å². The van der Waals surface area contributed by atoms with Gasteiger partial charge >= 0.3 is 5.97 Å². The Hall–Kier alpha value is -0.610. The van der Waals surface area contributed by atoms with Crippen LogP contribution in [0.4, 0.5) is 0 Å². The van der Waals surface area contributed by atoms with Gasteiger partial charge in [-0.1, -0.05) is 20.3 Å². The van der Waals surface area contributed by atoms with E-state index in [1.165, 1.54) is 0 Å². The van der Waals surface area contributed by atoms with E-state index in [9.17, 15) is 4.79 Å². The van der Waals surface area contributed by atoms with E-state index in [1.807, 2.05) is 13.8 Å². The highest BCUT2D eigenvalue weighted by Gasteiger charge is 2.15. The first-order valence-electron chi connectivity index (χ1n) is 4.68. The number of aliphatic hydroxyl groups excluding tert-OH is 1. The molecule has 0 rings (SSSR count). The van der Waals surface area contributed by atoms with E-state index in [1.54, 1.807) is 0 Å². The van der Waals surface area contributed by atoms with Crippen LogP contribution < -0.4 is 5.32 Å². The fraction of sp³-hybridized carbons (Fsp3) is 0.889. The minimum Gasteiger partial charge on any atom is -0.480 e. The zero-order chi connectivity index (χ0) is 10.3. The number of hydrogen-bond donors (Lipinski definition) is 3. The van der Waals surface area contributed by atoms with Crippen LogP contribution in [0.1, 0.15) is 26.7 Å². The average molecular weight is 189 g/mol. The predicted molar refractivity (Wildman–Crippen MR) is 50.6 cm³/mol. The van der Waals surface area contributed by atoms with Gasteiger partial charge in [0.1, 0.15) is 6.04 Å². The number of hydrogen-bond acceptors (Lipinski definition) is 3. The van der Waals surface area contributed by atoms with Gasteiger partial charge < -0.3 is 15.5 Å². The zero-order valence-electron chi connectivity index (χ0n) is 8.29. The number of carbonyl (C=O) groups is 1. The maximum atomic E-state index is 10.7. The van der Waals surface area contributed by atoms with Crippen LogP contribution in [0.2, 0.25) is 0 Å². The summed E-state index contributed by atoms with van der Waals surface area (Å²) in [5, 5.41) is 20.4. The van der Waals surface area contributed by atoms with Gasteiger partial charge in [0.05, 0.1) is 0 Å². The van der Waals surface area contributed by atoms with Crippen molar-refractivity contribution in [2.45, 2.75) is 32.7 Å². The smallest absolute Gasteiger partial charge is 0.320 e. The zero-order valence-corrected chi connectivity index (χ0v) is 8.29. The van der Waals surface area contributed by atoms with Gasteiger partial charge in [0.2, 0.25) is 0 Å². The van der Waals surface area contributed by atoms with Crippen molar-refractivity contribution < 1.29 is 15.0 Å². The third kappa shape index (κ3) is 5.60. The molecule has 0 aromatic rings. The Bertz CT molecular complexity index is 150. The van der Waals surface area contributed by atoms with Gasteiger partial charge in [-0.3, -0.25) is 4.79 Å². The van der Waals surface area contributed by atoms with Gasteiger partial charge in [-0.25, -0.2) is 0 Å². The first-order chi connectivity index (χ1) is 6.11. The summed E-state index contributed by atoms with van der Waals surface area (Å²) in [5.74, 6) is -0.703. The summed E-state index contributed by atoms with van der Waals surface area (Å²) in [4.78, 5) is 10.7. The summed E-state index contributed by atoms with van der Waals surface area (Å²) < 4.78 is 0. The Morgan fingerprint density at radius 3 is 2.54 bits per heavy atom. The molecule has 2 unspecified atom stereocenters. The molecule has 4 heteroatoms. The van der Waals surface area contributed by atoms with Crippen molar-refractivity contribution in [3.05, 3.63) is 0 Å². The topological polar surface area (TPSA) is 69.6 Å². The summed E-state index contributed by atoms with van der Waals surface area (Å²) >= 11 is 0. The van der Waals surface area contributed by atoms with E-state index in [0.29, 0.717) is 13.0 Å². The molecule has 0 fully saturated rings. The predicted octanol–water partition coefficient (Wildman–Crippen LogP) is 0.458. The maximum absolute atomic E-state index is 10.7. The van der Waals surface area contributed by atoms with Crippen molar-refractivity contribution in [3.63, 3.8) is 0 Å². The van der Waals surface area contributed by atoms with E-state index in [2.05, 4.69) is 5.32 Å². The summed E-state index contributed by atoms with van der Waals surface area (Å²) in [5.41, 5.74) is 0. The van der Waals surface area contributed by atoms with E-state index < -0.39 is 12.0 Å². The molecular formula is C9H19NO3. The van der Waals surface area contributed by atoms with Gasteiger partial charge in [0.25, 0.3) is 0 Å². The van der Waals surface area contributed by atoms with Gasteiger partial charge in [-0.2, -0.15) is 0 Å². The second kappa shape index (κ2) is 6.86. The van der Waals surface area contributed by atoms with E-state index >= 15 is 0 Å². The number of nitrogens with one attached hydrogen (secondary N) is 1. The number of rotatable bonds is 7. The Kier molecular flexibility index (Phi) is 6.54. The van der Waals surface area contributed by atoms with E-state index in [0.717, 1.165) is 6.42 Å². The van der Waals surface area contributed by atoms with Gasteiger partial charge in [0, 0.05) is 13.2 Å². The second-order valence-corrected chi connectivity index (χ2v) is 3.38. The lowest BCUT2D eigenvalue weighted by Crippen LogP contribution is -2.39. The molecule has 2 atom stereocenters. The largest absolute Gasteiger partial charge is 0.480 e. The lowest BCUT2D eigenvalue weighted by Gasteiger charge is -2.15. The van der Waals surface area contributed by atoms with E-state index in [-0.39, 0.29) is 12.5 Å². The molecule has 0 heterocycles. The lowest BCUT2D eigenvalue weighted by atomic mass is 10.1. The molecule has 0 spiro atoms. The quantitative estimate of drug-likeness (QED) is 0.544. The number of carboxylic acid groups (broad SMARTS) is 1. The molecule has 0 saturated carbocycles. The third-order valence-corrected chi connectivity index (χ3v) is 1.90. The summed E-state index contributed by atoms with van der Waals surface area (Å²) in [6.45, 7) is 4.46. The van der Waals surface area contributed by atoms with Gasteiger partial charge in [-0.05, 0) is 12.3 Å². The van der Waals surface area contributed by atoms with Crippen LogP contribution in [0.15, 0.2) is 0 Å². The van der Waals surface area contributed by atoms with Crippen molar-refractivity contribution in [1.82, 2.24) is 5.32 Å². The second-order valence-electron chi connectivity index (χ2n) is 3.38. The van der Waals surface area contributed by atoms with Gasteiger partial charge in [-0.15, -0.1) is 0 Å². The molecule has 0 aromatic carbocycles. The summed E-state index contributed by atoms with van der Waals surface area (Å²) in [6, 6.07) is -0.473. The monoisotopic (exact) mass is 189 g/mol. The van der Waals surface area contributed by atoms with Crippen LogP contribution in [0.25, 0.3) is 0 Å². The highest BCUT2D eigenvalue weighted by Crippen LogP contribution is 1.98.